The third kappa shape index (κ3) is 3.15. The van der Waals surface area contributed by atoms with Crippen molar-refractivity contribution >= 4 is 12.0 Å². The molecule has 24 heavy (non-hydrogen) atoms. The van der Waals surface area contributed by atoms with Gasteiger partial charge in [-0.3, -0.25) is 0 Å². The van der Waals surface area contributed by atoms with Gasteiger partial charge in [0.05, 0.1) is 18.2 Å². The second kappa shape index (κ2) is 6.82. The van der Waals surface area contributed by atoms with Gasteiger partial charge in [0.25, 0.3) is 0 Å². The van der Waals surface area contributed by atoms with Gasteiger partial charge in [0.15, 0.2) is 11.5 Å². The normalized spacial score (nSPS) is 18.9. The molecule has 2 aliphatic rings. The first kappa shape index (κ1) is 16.2. The number of hydrogen-bond acceptors (Lipinski definition) is 5. The van der Waals surface area contributed by atoms with Crippen LogP contribution >= 0.6 is 0 Å². The van der Waals surface area contributed by atoms with Crippen molar-refractivity contribution in [1.29, 1.82) is 0 Å². The average molecular weight is 332 g/mol. The molecule has 0 bridgehead atoms. The number of amides is 2. The number of benzene rings is 1. The van der Waals surface area contributed by atoms with Crippen molar-refractivity contribution in [2.75, 3.05) is 13.4 Å². The summed E-state index contributed by atoms with van der Waals surface area (Å²) in [6, 6.07) is 4.38. The first-order chi connectivity index (χ1) is 11.6. The standard InChI is InChI=1S/C17H20N2O5/c1-3-4-7-22-16(20)14-10(2)18-17(21)19-15(14)11-5-6-12-13(8-11)24-9-23-12/h5-6,8,15H,3-4,7,9H2,1-2H3,(H2,18,19,21)/t15-/m0/s1. The molecule has 2 amide bonds. The molecule has 2 aliphatic heterocycles. The Morgan fingerprint density at radius 1 is 1.33 bits per heavy atom. The van der Waals surface area contributed by atoms with Gasteiger partial charge < -0.3 is 24.8 Å². The van der Waals surface area contributed by atoms with Crippen LogP contribution < -0.4 is 20.1 Å². The van der Waals surface area contributed by atoms with E-state index in [2.05, 4.69) is 10.6 Å². The van der Waals surface area contributed by atoms with Gasteiger partial charge in [0, 0.05) is 5.70 Å². The maximum atomic E-state index is 12.5. The minimum absolute atomic E-state index is 0.165. The van der Waals surface area contributed by atoms with Crippen LogP contribution in [0.4, 0.5) is 4.79 Å². The number of carbonyl (C=O) groups excluding carboxylic acids is 2. The van der Waals surface area contributed by atoms with E-state index in [1.165, 1.54) is 0 Å². The lowest BCUT2D eigenvalue weighted by Gasteiger charge is -2.28. The molecule has 1 aromatic carbocycles. The van der Waals surface area contributed by atoms with Crippen LogP contribution in [0.15, 0.2) is 29.5 Å². The Balaban J connectivity index is 1.89. The molecule has 0 saturated carbocycles. The molecule has 0 aliphatic carbocycles. The summed E-state index contributed by atoms with van der Waals surface area (Å²) in [5.41, 5.74) is 1.61. The zero-order chi connectivity index (χ0) is 17.1. The Bertz CT molecular complexity index is 698. The lowest BCUT2D eigenvalue weighted by Crippen LogP contribution is -2.45. The molecule has 1 aromatic rings. The highest BCUT2D eigenvalue weighted by atomic mass is 16.7. The van der Waals surface area contributed by atoms with E-state index >= 15 is 0 Å². The summed E-state index contributed by atoms with van der Waals surface area (Å²) in [5, 5.41) is 5.40. The topological polar surface area (TPSA) is 85.9 Å². The van der Waals surface area contributed by atoms with E-state index in [-0.39, 0.29) is 12.8 Å². The number of nitrogens with one attached hydrogen (secondary N) is 2. The van der Waals surface area contributed by atoms with Crippen molar-refractivity contribution < 1.29 is 23.8 Å². The smallest absolute Gasteiger partial charge is 0.338 e. The number of carbonyl (C=O) groups is 2. The molecule has 0 radical (unpaired) electrons. The molecule has 0 aromatic heterocycles. The van der Waals surface area contributed by atoms with E-state index in [0.717, 1.165) is 18.4 Å². The number of allylic oxidation sites excluding steroid dienone is 1. The summed E-state index contributed by atoms with van der Waals surface area (Å²) in [6.07, 6.45) is 1.73. The Morgan fingerprint density at radius 2 is 2.12 bits per heavy atom. The minimum atomic E-state index is -0.595. The highest BCUT2D eigenvalue weighted by Crippen LogP contribution is 2.37. The molecule has 0 unspecified atom stereocenters. The largest absolute Gasteiger partial charge is 0.462 e. The fraction of sp³-hybridized carbons (Fsp3) is 0.412. The molecular formula is C17H20N2O5. The van der Waals surface area contributed by atoms with Gasteiger partial charge in [-0.15, -0.1) is 0 Å². The summed E-state index contributed by atoms with van der Waals surface area (Å²) in [4.78, 5) is 24.3. The number of esters is 1. The summed E-state index contributed by atoms with van der Waals surface area (Å²) in [7, 11) is 0. The Hall–Kier alpha value is -2.70. The Kier molecular flexibility index (Phi) is 4.59. The van der Waals surface area contributed by atoms with Crippen molar-refractivity contribution in [3.05, 3.63) is 35.0 Å². The summed E-state index contributed by atoms with van der Waals surface area (Å²) in [5.74, 6) is 0.805. The molecule has 3 rings (SSSR count). The van der Waals surface area contributed by atoms with Crippen molar-refractivity contribution in [1.82, 2.24) is 10.6 Å². The van der Waals surface area contributed by atoms with E-state index < -0.39 is 12.0 Å². The monoisotopic (exact) mass is 332 g/mol. The zero-order valence-electron chi connectivity index (χ0n) is 13.7. The van der Waals surface area contributed by atoms with Crippen LogP contribution in [-0.4, -0.2) is 25.4 Å². The maximum absolute atomic E-state index is 12.5. The molecule has 7 nitrogen and oxygen atoms in total. The van der Waals surface area contributed by atoms with Gasteiger partial charge in [-0.05, 0) is 31.0 Å². The molecule has 0 spiro atoms. The van der Waals surface area contributed by atoms with Crippen molar-refractivity contribution in [3.8, 4) is 11.5 Å². The van der Waals surface area contributed by atoms with E-state index in [4.69, 9.17) is 14.2 Å². The van der Waals surface area contributed by atoms with Crippen LogP contribution in [-0.2, 0) is 9.53 Å². The van der Waals surface area contributed by atoms with Crippen LogP contribution in [0.25, 0.3) is 0 Å². The van der Waals surface area contributed by atoms with E-state index in [0.29, 0.717) is 29.4 Å². The van der Waals surface area contributed by atoms with E-state index in [9.17, 15) is 9.59 Å². The lowest BCUT2D eigenvalue weighted by atomic mass is 9.95. The van der Waals surface area contributed by atoms with Crippen molar-refractivity contribution in [3.63, 3.8) is 0 Å². The number of ether oxygens (including phenoxy) is 3. The van der Waals surface area contributed by atoms with Gasteiger partial charge in [0.2, 0.25) is 6.79 Å². The molecule has 0 fully saturated rings. The minimum Gasteiger partial charge on any atom is -0.462 e. The summed E-state index contributed by atoms with van der Waals surface area (Å²) < 4.78 is 16.0. The number of rotatable bonds is 5. The zero-order valence-corrected chi connectivity index (χ0v) is 13.7. The number of hydrogen-bond donors (Lipinski definition) is 2. The van der Waals surface area contributed by atoms with Gasteiger partial charge >= 0.3 is 12.0 Å². The quantitative estimate of drug-likeness (QED) is 0.639. The maximum Gasteiger partial charge on any atom is 0.338 e. The van der Waals surface area contributed by atoms with Gasteiger partial charge in [-0.25, -0.2) is 9.59 Å². The van der Waals surface area contributed by atoms with Crippen LogP contribution in [0, 0.1) is 0 Å². The average Bonchev–Trinajstić information content (AvgIpc) is 3.01. The molecule has 128 valence electrons. The molecule has 7 heteroatoms. The molecule has 1 atom stereocenters. The van der Waals surface area contributed by atoms with E-state index in [1.54, 1.807) is 25.1 Å². The SMILES string of the molecule is CCCCOC(=O)C1=C(C)NC(=O)N[C@H]1c1ccc2c(c1)OCO2. The fourth-order valence-electron chi connectivity index (χ4n) is 2.69. The van der Waals surface area contributed by atoms with Crippen LogP contribution in [0.1, 0.15) is 38.3 Å². The Morgan fingerprint density at radius 3 is 2.92 bits per heavy atom. The van der Waals surface area contributed by atoms with Crippen LogP contribution in [0.3, 0.4) is 0 Å². The summed E-state index contributed by atoms with van der Waals surface area (Å²) in [6.45, 7) is 4.23. The highest BCUT2D eigenvalue weighted by molar-refractivity contribution is 5.95. The van der Waals surface area contributed by atoms with Crippen LogP contribution in [0.5, 0.6) is 11.5 Å². The number of unbranched alkanes of at least 4 members (excludes halogenated alkanes) is 1. The fourth-order valence-corrected chi connectivity index (χ4v) is 2.69. The molecule has 2 N–H and O–H groups in total. The first-order valence-electron chi connectivity index (χ1n) is 7.95. The molecular weight excluding hydrogens is 312 g/mol. The number of urea groups is 1. The Labute approximate surface area is 140 Å². The van der Waals surface area contributed by atoms with Gasteiger partial charge in [0.1, 0.15) is 0 Å². The molecule has 0 saturated heterocycles. The van der Waals surface area contributed by atoms with Crippen molar-refractivity contribution in [2.24, 2.45) is 0 Å². The van der Waals surface area contributed by atoms with Crippen molar-refractivity contribution in [2.45, 2.75) is 32.7 Å². The third-order valence-corrected chi connectivity index (χ3v) is 3.95. The second-order valence-corrected chi connectivity index (χ2v) is 5.67. The first-order valence-corrected chi connectivity index (χ1v) is 7.95. The highest BCUT2D eigenvalue weighted by Gasteiger charge is 2.33. The molecule has 2 heterocycles. The van der Waals surface area contributed by atoms with Gasteiger partial charge in [-0.1, -0.05) is 19.4 Å². The second-order valence-electron chi connectivity index (χ2n) is 5.67. The lowest BCUT2D eigenvalue weighted by molar-refractivity contribution is -0.139. The predicted octanol–water partition coefficient (Wildman–Crippen LogP) is 2.39. The van der Waals surface area contributed by atoms with E-state index in [1.807, 2.05) is 6.92 Å². The van der Waals surface area contributed by atoms with Gasteiger partial charge in [-0.2, -0.15) is 0 Å². The number of fused-ring (bicyclic) bond motifs is 1. The van der Waals surface area contributed by atoms with Crippen LogP contribution in [0.2, 0.25) is 0 Å². The summed E-state index contributed by atoms with van der Waals surface area (Å²) >= 11 is 0. The third-order valence-electron chi connectivity index (χ3n) is 3.95. The predicted molar refractivity (Wildman–Crippen MR) is 85.5 cm³/mol.